The van der Waals surface area contributed by atoms with E-state index in [4.69, 9.17) is 8.83 Å². The molecule has 3 nitrogen and oxygen atoms in total. The van der Waals surface area contributed by atoms with Crippen LogP contribution in [0.15, 0.2) is 209 Å². The predicted molar refractivity (Wildman–Crippen MR) is 229 cm³/mol. The van der Waals surface area contributed by atoms with E-state index in [0.29, 0.717) is 0 Å². The highest BCUT2D eigenvalue weighted by Gasteiger charge is 2.22. The molecule has 0 saturated heterocycles. The largest absolute Gasteiger partial charge is 0.456 e. The minimum absolute atomic E-state index is 0.852. The minimum Gasteiger partial charge on any atom is -0.456 e. The Balaban J connectivity index is 1.10. The first-order chi connectivity index (χ1) is 27.3. The summed E-state index contributed by atoms with van der Waals surface area (Å²) in [6, 6.07) is 70.9. The maximum atomic E-state index is 6.64. The van der Waals surface area contributed by atoms with E-state index in [0.717, 1.165) is 83.0 Å². The van der Waals surface area contributed by atoms with Crippen LogP contribution >= 0.6 is 0 Å². The Morgan fingerprint density at radius 3 is 1.82 bits per heavy atom. The van der Waals surface area contributed by atoms with Crippen molar-refractivity contribution < 1.29 is 8.83 Å². The molecule has 0 aliphatic heterocycles. The van der Waals surface area contributed by atoms with E-state index in [9.17, 15) is 0 Å². The van der Waals surface area contributed by atoms with Crippen molar-refractivity contribution in [2.75, 3.05) is 4.90 Å². The molecule has 0 aliphatic carbocycles. The second-order valence-corrected chi connectivity index (χ2v) is 14.1. The predicted octanol–water partition coefficient (Wildman–Crippen LogP) is 15.1. The normalized spacial score (nSPS) is 11.6. The zero-order valence-corrected chi connectivity index (χ0v) is 29.8. The Bertz CT molecular complexity index is 3210. The van der Waals surface area contributed by atoms with Crippen LogP contribution in [0.3, 0.4) is 0 Å². The first-order valence-electron chi connectivity index (χ1n) is 18.7. The standard InChI is InChI=1S/C52H33NO2/c1-2-12-34(13-3-1)37-15-10-16-38(32-37)35-24-27-39(28-25-35)53(40-29-31-44-43-19-7-9-22-48(43)54-50(44)33-40)47-21-8-6-18-42(47)45-20-11-23-49-51(45)46-30-26-36-14-4-5-17-41(36)52(46)55-49/h1-33H. The SMILES string of the molecule is c1ccc(-c2cccc(-c3ccc(N(c4ccc5c(c4)oc4ccccc45)c4ccccc4-c4cccc5oc6c7ccccc7ccc6c45)cc3)c2)cc1. The molecule has 3 heteroatoms. The van der Waals surface area contributed by atoms with Gasteiger partial charge in [-0.15, -0.1) is 0 Å². The number of nitrogens with zero attached hydrogens (tertiary/aromatic N) is 1. The third kappa shape index (κ3) is 5.20. The first kappa shape index (κ1) is 31.2. The van der Waals surface area contributed by atoms with Crippen molar-refractivity contribution >= 4 is 71.7 Å². The number of anilines is 3. The summed E-state index contributed by atoms with van der Waals surface area (Å²) in [5.41, 5.74) is 13.6. The first-order valence-corrected chi connectivity index (χ1v) is 18.7. The Kier molecular flexibility index (Phi) is 7.17. The Hall–Kier alpha value is -7.36. The number of para-hydroxylation sites is 2. The Morgan fingerprint density at radius 2 is 0.945 bits per heavy atom. The molecule has 0 spiro atoms. The van der Waals surface area contributed by atoms with Crippen LogP contribution in [0.25, 0.3) is 88.0 Å². The highest BCUT2D eigenvalue weighted by atomic mass is 16.3. The lowest BCUT2D eigenvalue weighted by Crippen LogP contribution is -2.11. The van der Waals surface area contributed by atoms with Crippen molar-refractivity contribution in [3.63, 3.8) is 0 Å². The lowest BCUT2D eigenvalue weighted by atomic mass is 9.96. The van der Waals surface area contributed by atoms with E-state index in [1.54, 1.807) is 0 Å². The van der Waals surface area contributed by atoms with E-state index in [2.05, 4.69) is 193 Å². The van der Waals surface area contributed by atoms with E-state index >= 15 is 0 Å². The third-order valence-electron chi connectivity index (χ3n) is 10.9. The molecule has 0 unspecified atom stereocenters. The maximum Gasteiger partial charge on any atom is 0.143 e. The zero-order chi connectivity index (χ0) is 36.3. The molecule has 11 aromatic rings. The maximum absolute atomic E-state index is 6.64. The van der Waals surface area contributed by atoms with Gasteiger partial charge in [0.15, 0.2) is 0 Å². The van der Waals surface area contributed by atoms with Crippen molar-refractivity contribution in [2.24, 2.45) is 0 Å². The molecule has 55 heavy (non-hydrogen) atoms. The highest BCUT2D eigenvalue weighted by molar-refractivity contribution is 6.20. The third-order valence-corrected chi connectivity index (χ3v) is 10.9. The van der Waals surface area contributed by atoms with Gasteiger partial charge in [-0.05, 0) is 87.8 Å². The molecule has 258 valence electrons. The van der Waals surface area contributed by atoms with Gasteiger partial charge in [0.05, 0.1) is 5.69 Å². The van der Waals surface area contributed by atoms with Crippen LogP contribution in [-0.2, 0) is 0 Å². The van der Waals surface area contributed by atoms with Gasteiger partial charge in [0, 0.05) is 49.9 Å². The molecule has 0 atom stereocenters. The van der Waals surface area contributed by atoms with E-state index in [1.165, 1.54) is 22.1 Å². The van der Waals surface area contributed by atoms with Crippen LogP contribution < -0.4 is 4.90 Å². The molecule has 0 amide bonds. The molecule has 0 aliphatic rings. The second-order valence-electron chi connectivity index (χ2n) is 14.1. The van der Waals surface area contributed by atoms with Gasteiger partial charge < -0.3 is 13.7 Å². The fraction of sp³-hybridized carbons (Fsp3) is 0. The van der Waals surface area contributed by atoms with Gasteiger partial charge in [-0.2, -0.15) is 0 Å². The lowest BCUT2D eigenvalue weighted by Gasteiger charge is -2.28. The molecule has 0 bridgehead atoms. The van der Waals surface area contributed by atoms with Gasteiger partial charge in [0.2, 0.25) is 0 Å². The molecule has 0 N–H and O–H groups in total. The van der Waals surface area contributed by atoms with Crippen molar-refractivity contribution in [3.8, 4) is 33.4 Å². The van der Waals surface area contributed by atoms with Crippen molar-refractivity contribution in [1.29, 1.82) is 0 Å². The number of furan rings is 2. The van der Waals surface area contributed by atoms with E-state index in [-0.39, 0.29) is 0 Å². The van der Waals surface area contributed by atoms with Crippen molar-refractivity contribution in [2.45, 2.75) is 0 Å². The van der Waals surface area contributed by atoms with Gasteiger partial charge in [-0.1, -0.05) is 140 Å². The highest BCUT2D eigenvalue weighted by Crippen LogP contribution is 2.46. The van der Waals surface area contributed by atoms with Gasteiger partial charge in [-0.3, -0.25) is 0 Å². The average molecular weight is 704 g/mol. The topological polar surface area (TPSA) is 29.5 Å². The van der Waals surface area contributed by atoms with E-state index < -0.39 is 0 Å². The fourth-order valence-electron chi connectivity index (χ4n) is 8.27. The number of hydrogen-bond donors (Lipinski definition) is 0. The smallest absolute Gasteiger partial charge is 0.143 e. The Labute approximate surface area is 317 Å². The fourth-order valence-corrected chi connectivity index (χ4v) is 8.27. The second kappa shape index (κ2) is 12.6. The quantitative estimate of drug-likeness (QED) is 0.173. The molecule has 2 aromatic heterocycles. The summed E-state index contributed by atoms with van der Waals surface area (Å²) < 4.78 is 13.1. The van der Waals surface area contributed by atoms with Gasteiger partial charge in [-0.25, -0.2) is 0 Å². The van der Waals surface area contributed by atoms with Crippen LogP contribution in [0, 0.1) is 0 Å². The lowest BCUT2D eigenvalue weighted by molar-refractivity contribution is 0.669. The van der Waals surface area contributed by atoms with Crippen molar-refractivity contribution in [1.82, 2.24) is 0 Å². The summed E-state index contributed by atoms with van der Waals surface area (Å²) in [5.74, 6) is 0. The molecule has 2 heterocycles. The molecule has 0 radical (unpaired) electrons. The molecule has 0 saturated carbocycles. The molecular formula is C52H33NO2. The van der Waals surface area contributed by atoms with Crippen molar-refractivity contribution in [3.05, 3.63) is 200 Å². The number of hydrogen-bond acceptors (Lipinski definition) is 3. The monoisotopic (exact) mass is 703 g/mol. The number of rotatable bonds is 6. The summed E-state index contributed by atoms with van der Waals surface area (Å²) in [5, 5.41) is 6.71. The van der Waals surface area contributed by atoms with Gasteiger partial charge in [0.25, 0.3) is 0 Å². The summed E-state index contributed by atoms with van der Waals surface area (Å²) in [7, 11) is 0. The van der Waals surface area contributed by atoms with Crippen LogP contribution in [-0.4, -0.2) is 0 Å². The summed E-state index contributed by atoms with van der Waals surface area (Å²) in [6.45, 7) is 0. The minimum atomic E-state index is 0.852. The van der Waals surface area contributed by atoms with Crippen LogP contribution in [0.5, 0.6) is 0 Å². The number of benzene rings is 9. The average Bonchev–Trinajstić information content (AvgIpc) is 3.83. The molecule has 11 rings (SSSR count). The zero-order valence-electron chi connectivity index (χ0n) is 29.8. The summed E-state index contributed by atoms with van der Waals surface area (Å²) in [4.78, 5) is 2.35. The number of fused-ring (bicyclic) bond motifs is 8. The molecule has 0 fully saturated rings. The van der Waals surface area contributed by atoms with Gasteiger partial charge >= 0.3 is 0 Å². The summed E-state index contributed by atoms with van der Waals surface area (Å²) in [6.07, 6.45) is 0. The molecule has 9 aromatic carbocycles. The summed E-state index contributed by atoms with van der Waals surface area (Å²) >= 11 is 0. The Morgan fingerprint density at radius 1 is 0.327 bits per heavy atom. The van der Waals surface area contributed by atoms with Crippen LogP contribution in [0.4, 0.5) is 17.1 Å². The van der Waals surface area contributed by atoms with Crippen LogP contribution in [0.2, 0.25) is 0 Å². The molecular weight excluding hydrogens is 671 g/mol. The van der Waals surface area contributed by atoms with Gasteiger partial charge in [0.1, 0.15) is 22.3 Å². The van der Waals surface area contributed by atoms with E-state index in [1.807, 2.05) is 12.1 Å². The van der Waals surface area contributed by atoms with Crippen LogP contribution in [0.1, 0.15) is 0 Å².